The van der Waals surface area contributed by atoms with Crippen LogP contribution in [0.3, 0.4) is 0 Å². The van der Waals surface area contributed by atoms with E-state index in [2.05, 4.69) is 0 Å². The number of ether oxygens (including phenoxy) is 2. The summed E-state index contributed by atoms with van der Waals surface area (Å²) in [5.74, 6) is 1.45. The van der Waals surface area contributed by atoms with E-state index >= 15 is 0 Å². The van der Waals surface area contributed by atoms with Crippen LogP contribution in [0.4, 0.5) is 0 Å². The Bertz CT molecular complexity index is 727. The van der Waals surface area contributed by atoms with Crippen LogP contribution in [-0.4, -0.2) is 19.5 Å². The number of benzene rings is 2. The van der Waals surface area contributed by atoms with E-state index in [4.69, 9.17) is 9.47 Å². The van der Waals surface area contributed by atoms with Gasteiger partial charge in [-0.05, 0) is 19.1 Å². The minimum absolute atomic E-state index is 0.0549. The number of Topliss-reactive ketones (excluding diaryl/α,β-unsaturated/α-hetero) is 1. The summed E-state index contributed by atoms with van der Waals surface area (Å²) in [4.78, 5) is 12.7. The van der Waals surface area contributed by atoms with E-state index in [1.165, 1.54) is 0 Å². The van der Waals surface area contributed by atoms with Crippen molar-refractivity contribution in [3.63, 3.8) is 0 Å². The van der Waals surface area contributed by atoms with Crippen molar-refractivity contribution in [2.24, 2.45) is 0 Å². The highest BCUT2D eigenvalue weighted by Crippen LogP contribution is 2.35. The first-order valence-corrected chi connectivity index (χ1v) is 7.31. The average molecular weight is 294 g/mol. The van der Waals surface area contributed by atoms with Gasteiger partial charge < -0.3 is 9.47 Å². The third-order valence-electron chi connectivity index (χ3n) is 3.78. The van der Waals surface area contributed by atoms with E-state index < -0.39 is 0 Å². The molecule has 0 aliphatic carbocycles. The second-order valence-corrected chi connectivity index (χ2v) is 5.34. The van der Waals surface area contributed by atoms with Gasteiger partial charge in [-0.1, -0.05) is 42.0 Å². The molecule has 0 radical (unpaired) electrons. The number of carbonyl (C=O) groups is 1. The van der Waals surface area contributed by atoms with Gasteiger partial charge >= 0.3 is 0 Å². The van der Waals surface area contributed by atoms with Crippen molar-refractivity contribution in [2.45, 2.75) is 13.3 Å². The SMILES string of the molecule is COc1cccc2c1OCCC(C(=O)c1ccc(C)cc1)=C2. The Hall–Kier alpha value is -2.55. The smallest absolute Gasteiger partial charge is 0.189 e. The van der Waals surface area contributed by atoms with Gasteiger partial charge in [0.2, 0.25) is 0 Å². The molecule has 0 aromatic heterocycles. The maximum absolute atomic E-state index is 12.7. The van der Waals surface area contributed by atoms with E-state index in [1.807, 2.05) is 55.5 Å². The number of para-hydroxylation sites is 1. The molecule has 0 spiro atoms. The van der Waals surface area contributed by atoms with Crippen molar-refractivity contribution >= 4 is 11.9 Å². The molecule has 1 heterocycles. The van der Waals surface area contributed by atoms with Gasteiger partial charge in [-0.25, -0.2) is 0 Å². The molecule has 0 saturated carbocycles. The van der Waals surface area contributed by atoms with Crippen LogP contribution in [0.5, 0.6) is 11.5 Å². The van der Waals surface area contributed by atoms with Gasteiger partial charge in [0.25, 0.3) is 0 Å². The van der Waals surface area contributed by atoms with Crippen molar-refractivity contribution in [1.29, 1.82) is 0 Å². The fourth-order valence-electron chi connectivity index (χ4n) is 2.55. The van der Waals surface area contributed by atoms with E-state index in [0.29, 0.717) is 30.1 Å². The van der Waals surface area contributed by atoms with Crippen molar-refractivity contribution in [3.05, 3.63) is 64.7 Å². The van der Waals surface area contributed by atoms with Gasteiger partial charge in [-0.3, -0.25) is 4.79 Å². The lowest BCUT2D eigenvalue weighted by Gasteiger charge is -2.10. The number of ketones is 1. The topological polar surface area (TPSA) is 35.5 Å². The Morgan fingerprint density at radius 1 is 1.14 bits per heavy atom. The standard InChI is InChI=1S/C19H18O3/c1-13-6-8-14(9-7-13)18(20)15-10-11-22-19-16(12-15)4-3-5-17(19)21-2/h3-9,12H,10-11H2,1-2H3. The number of hydrogen-bond donors (Lipinski definition) is 0. The maximum Gasteiger partial charge on any atom is 0.189 e. The summed E-state index contributed by atoms with van der Waals surface area (Å²) in [7, 11) is 1.62. The Kier molecular flexibility index (Phi) is 3.96. The lowest BCUT2D eigenvalue weighted by molar-refractivity contribution is 0.102. The molecular formula is C19H18O3. The van der Waals surface area contributed by atoms with Gasteiger partial charge in [0, 0.05) is 23.1 Å². The van der Waals surface area contributed by atoms with Crippen LogP contribution in [0.15, 0.2) is 48.0 Å². The van der Waals surface area contributed by atoms with Gasteiger partial charge in [0.1, 0.15) is 0 Å². The molecule has 0 fully saturated rings. The number of rotatable bonds is 3. The maximum atomic E-state index is 12.7. The zero-order valence-corrected chi connectivity index (χ0v) is 12.8. The molecule has 0 amide bonds. The molecule has 0 N–H and O–H groups in total. The number of carbonyl (C=O) groups excluding carboxylic acids is 1. The van der Waals surface area contributed by atoms with Crippen LogP contribution in [0, 0.1) is 6.92 Å². The molecule has 112 valence electrons. The Morgan fingerprint density at radius 2 is 1.91 bits per heavy atom. The van der Waals surface area contributed by atoms with E-state index in [0.717, 1.165) is 16.7 Å². The summed E-state index contributed by atoms with van der Waals surface area (Å²) < 4.78 is 11.1. The minimum Gasteiger partial charge on any atom is -0.493 e. The summed E-state index contributed by atoms with van der Waals surface area (Å²) >= 11 is 0. The van der Waals surface area contributed by atoms with E-state index in [1.54, 1.807) is 7.11 Å². The highest BCUT2D eigenvalue weighted by molar-refractivity contribution is 6.11. The number of aryl methyl sites for hydroxylation is 1. The van der Waals surface area contributed by atoms with Gasteiger partial charge in [-0.15, -0.1) is 0 Å². The normalized spacial score (nSPS) is 13.5. The van der Waals surface area contributed by atoms with E-state index in [9.17, 15) is 4.79 Å². The molecule has 0 unspecified atom stereocenters. The number of hydrogen-bond acceptors (Lipinski definition) is 3. The summed E-state index contributed by atoms with van der Waals surface area (Å²) in [6.45, 7) is 2.48. The molecule has 3 nitrogen and oxygen atoms in total. The highest BCUT2D eigenvalue weighted by Gasteiger charge is 2.18. The molecule has 22 heavy (non-hydrogen) atoms. The van der Waals surface area contributed by atoms with Crippen LogP contribution < -0.4 is 9.47 Å². The summed E-state index contributed by atoms with van der Waals surface area (Å²) in [6.07, 6.45) is 2.50. The molecule has 0 bridgehead atoms. The van der Waals surface area contributed by atoms with Gasteiger partial charge in [0.05, 0.1) is 13.7 Å². The Balaban J connectivity index is 1.98. The van der Waals surface area contributed by atoms with Gasteiger partial charge in [0.15, 0.2) is 17.3 Å². The molecule has 0 saturated heterocycles. The molecule has 0 atom stereocenters. The molecule has 3 heteroatoms. The first kappa shape index (κ1) is 14.4. The van der Waals surface area contributed by atoms with Crippen LogP contribution in [0.1, 0.15) is 27.9 Å². The monoisotopic (exact) mass is 294 g/mol. The first-order valence-electron chi connectivity index (χ1n) is 7.31. The zero-order valence-electron chi connectivity index (χ0n) is 12.8. The van der Waals surface area contributed by atoms with Crippen molar-refractivity contribution < 1.29 is 14.3 Å². The predicted octanol–water partition coefficient (Wildman–Crippen LogP) is 4.05. The van der Waals surface area contributed by atoms with Crippen molar-refractivity contribution in [1.82, 2.24) is 0 Å². The molecule has 1 aliphatic rings. The molecule has 2 aromatic carbocycles. The number of methoxy groups -OCH3 is 1. The number of fused-ring (bicyclic) bond motifs is 1. The zero-order chi connectivity index (χ0) is 15.5. The van der Waals surface area contributed by atoms with Crippen molar-refractivity contribution in [3.8, 4) is 11.5 Å². The quantitative estimate of drug-likeness (QED) is 0.801. The molecule has 3 rings (SSSR count). The lowest BCUT2D eigenvalue weighted by Crippen LogP contribution is -2.06. The summed E-state index contributed by atoms with van der Waals surface area (Å²) in [5, 5.41) is 0. The largest absolute Gasteiger partial charge is 0.493 e. The Labute approximate surface area is 130 Å². The third kappa shape index (κ3) is 2.75. The lowest BCUT2D eigenvalue weighted by atomic mass is 9.98. The summed E-state index contributed by atoms with van der Waals surface area (Å²) in [6, 6.07) is 13.4. The Morgan fingerprint density at radius 3 is 2.64 bits per heavy atom. The third-order valence-corrected chi connectivity index (χ3v) is 3.78. The fraction of sp³-hybridized carbons (Fsp3) is 0.211. The van der Waals surface area contributed by atoms with Crippen LogP contribution >= 0.6 is 0 Å². The van der Waals surface area contributed by atoms with Gasteiger partial charge in [-0.2, -0.15) is 0 Å². The second kappa shape index (κ2) is 6.06. The predicted molar refractivity (Wildman–Crippen MR) is 86.6 cm³/mol. The molecular weight excluding hydrogens is 276 g/mol. The molecule has 2 aromatic rings. The highest BCUT2D eigenvalue weighted by atomic mass is 16.5. The second-order valence-electron chi connectivity index (χ2n) is 5.34. The average Bonchev–Trinajstić information content (AvgIpc) is 2.77. The first-order chi connectivity index (χ1) is 10.7. The van der Waals surface area contributed by atoms with Crippen LogP contribution in [-0.2, 0) is 0 Å². The molecule has 1 aliphatic heterocycles. The summed E-state index contributed by atoms with van der Waals surface area (Å²) in [5.41, 5.74) is 3.50. The van der Waals surface area contributed by atoms with Crippen LogP contribution in [0.2, 0.25) is 0 Å². The van der Waals surface area contributed by atoms with Crippen molar-refractivity contribution in [2.75, 3.05) is 13.7 Å². The van der Waals surface area contributed by atoms with Crippen LogP contribution in [0.25, 0.3) is 6.08 Å². The minimum atomic E-state index is 0.0549. The van der Waals surface area contributed by atoms with E-state index in [-0.39, 0.29) is 5.78 Å². The fourth-order valence-corrected chi connectivity index (χ4v) is 2.55.